The quantitative estimate of drug-likeness (QED) is 0.483. The highest BCUT2D eigenvalue weighted by Crippen LogP contribution is 2.16. The normalized spacial score (nSPS) is 14.0. The molecule has 1 rings (SSSR count). The highest BCUT2D eigenvalue weighted by Gasteiger charge is 2.06. The van der Waals surface area contributed by atoms with Crippen LogP contribution >= 0.6 is 0 Å². The summed E-state index contributed by atoms with van der Waals surface area (Å²) in [5.74, 6) is 1.43. The molecule has 22 heavy (non-hydrogen) atoms. The maximum atomic E-state index is 5.79. The SMILES string of the molecule is CCOCC(C)CCCC(C)CCOCc1ccc(C)cc1. The largest absolute Gasteiger partial charge is 0.381 e. The Morgan fingerprint density at radius 3 is 2.27 bits per heavy atom. The molecule has 0 saturated heterocycles. The summed E-state index contributed by atoms with van der Waals surface area (Å²) in [7, 11) is 0. The molecule has 0 bridgehead atoms. The van der Waals surface area contributed by atoms with Crippen LogP contribution in [0.5, 0.6) is 0 Å². The summed E-state index contributed by atoms with van der Waals surface area (Å²) in [5.41, 5.74) is 2.57. The molecule has 2 heteroatoms. The zero-order chi connectivity index (χ0) is 16.2. The van der Waals surface area contributed by atoms with Crippen molar-refractivity contribution in [3.05, 3.63) is 35.4 Å². The average Bonchev–Trinajstić information content (AvgIpc) is 2.51. The molecule has 2 nitrogen and oxygen atoms in total. The predicted octanol–water partition coefficient (Wildman–Crippen LogP) is 5.38. The van der Waals surface area contributed by atoms with Gasteiger partial charge < -0.3 is 9.47 Å². The Balaban J connectivity index is 2.01. The van der Waals surface area contributed by atoms with Crippen LogP contribution in [0.25, 0.3) is 0 Å². The van der Waals surface area contributed by atoms with Crippen molar-refractivity contribution in [2.24, 2.45) is 11.8 Å². The first-order valence-electron chi connectivity index (χ1n) is 8.82. The van der Waals surface area contributed by atoms with E-state index in [9.17, 15) is 0 Å². The second kappa shape index (κ2) is 11.7. The molecule has 0 radical (unpaired) electrons. The zero-order valence-electron chi connectivity index (χ0n) is 14.9. The summed E-state index contributed by atoms with van der Waals surface area (Å²) >= 11 is 0. The van der Waals surface area contributed by atoms with Gasteiger partial charge in [0, 0.05) is 19.8 Å². The van der Waals surface area contributed by atoms with Crippen molar-refractivity contribution in [3.8, 4) is 0 Å². The lowest BCUT2D eigenvalue weighted by Crippen LogP contribution is -2.07. The Bertz CT molecular complexity index is 372. The van der Waals surface area contributed by atoms with Gasteiger partial charge in [-0.15, -0.1) is 0 Å². The summed E-state index contributed by atoms with van der Waals surface area (Å²) in [6.07, 6.45) is 5.03. The highest BCUT2D eigenvalue weighted by molar-refractivity contribution is 5.20. The van der Waals surface area contributed by atoms with Crippen LogP contribution in [0.2, 0.25) is 0 Å². The van der Waals surface area contributed by atoms with Crippen molar-refractivity contribution in [2.75, 3.05) is 19.8 Å². The number of hydrogen-bond donors (Lipinski definition) is 0. The van der Waals surface area contributed by atoms with Crippen LogP contribution in [0.1, 0.15) is 57.6 Å². The van der Waals surface area contributed by atoms with Crippen LogP contribution in [-0.4, -0.2) is 19.8 Å². The number of hydrogen-bond acceptors (Lipinski definition) is 2. The van der Waals surface area contributed by atoms with Crippen molar-refractivity contribution in [3.63, 3.8) is 0 Å². The molecule has 0 fully saturated rings. The molecule has 1 aromatic carbocycles. The van der Waals surface area contributed by atoms with E-state index < -0.39 is 0 Å². The first-order chi connectivity index (χ1) is 10.6. The minimum absolute atomic E-state index is 0.685. The number of benzene rings is 1. The second-order valence-electron chi connectivity index (χ2n) is 6.63. The first kappa shape index (κ1) is 19.2. The predicted molar refractivity (Wildman–Crippen MR) is 94.1 cm³/mol. The van der Waals surface area contributed by atoms with Crippen molar-refractivity contribution < 1.29 is 9.47 Å². The van der Waals surface area contributed by atoms with E-state index in [4.69, 9.17) is 9.47 Å². The van der Waals surface area contributed by atoms with E-state index >= 15 is 0 Å². The van der Waals surface area contributed by atoms with Gasteiger partial charge in [-0.25, -0.2) is 0 Å². The van der Waals surface area contributed by atoms with Crippen molar-refractivity contribution in [2.45, 2.75) is 60.0 Å². The lowest BCUT2D eigenvalue weighted by molar-refractivity contribution is 0.104. The van der Waals surface area contributed by atoms with Crippen LogP contribution in [0.3, 0.4) is 0 Å². The Kier molecular flexibility index (Phi) is 10.2. The van der Waals surface area contributed by atoms with Gasteiger partial charge in [0.1, 0.15) is 0 Å². The van der Waals surface area contributed by atoms with E-state index in [1.807, 2.05) is 0 Å². The molecule has 0 saturated carbocycles. The fraction of sp³-hybridized carbons (Fsp3) is 0.700. The molecule has 0 N–H and O–H groups in total. The molecule has 0 amide bonds. The third kappa shape index (κ3) is 9.22. The summed E-state index contributed by atoms with van der Waals surface area (Å²) in [6, 6.07) is 8.59. The van der Waals surface area contributed by atoms with E-state index in [-0.39, 0.29) is 0 Å². The standard InChI is InChI=1S/C20H34O2/c1-5-21-15-19(4)8-6-7-17(2)13-14-22-16-20-11-9-18(3)10-12-20/h9-12,17,19H,5-8,13-16H2,1-4H3. The van der Waals surface area contributed by atoms with Crippen molar-refractivity contribution in [1.29, 1.82) is 0 Å². The molecule has 0 aliphatic heterocycles. The number of ether oxygens (including phenoxy) is 2. The van der Waals surface area contributed by atoms with Crippen LogP contribution < -0.4 is 0 Å². The number of aryl methyl sites for hydroxylation is 1. The molecule has 0 aliphatic carbocycles. The topological polar surface area (TPSA) is 18.5 Å². The summed E-state index contributed by atoms with van der Waals surface area (Å²) in [5, 5.41) is 0. The molecular formula is C20H34O2. The Hall–Kier alpha value is -0.860. The lowest BCUT2D eigenvalue weighted by Gasteiger charge is -2.14. The molecule has 0 heterocycles. The van der Waals surface area contributed by atoms with Crippen LogP contribution in [-0.2, 0) is 16.1 Å². The third-order valence-corrected chi connectivity index (χ3v) is 4.14. The summed E-state index contributed by atoms with van der Waals surface area (Å²) in [4.78, 5) is 0. The average molecular weight is 306 g/mol. The molecule has 0 spiro atoms. The van der Waals surface area contributed by atoms with Gasteiger partial charge in [0.25, 0.3) is 0 Å². The second-order valence-corrected chi connectivity index (χ2v) is 6.63. The molecule has 0 aliphatic rings. The monoisotopic (exact) mass is 306 g/mol. The van der Waals surface area contributed by atoms with E-state index in [1.165, 1.54) is 30.4 Å². The molecule has 1 aromatic rings. The molecule has 2 unspecified atom stereocenters. The molecule has 2 atom stereocenters. The first-order valence-corrected chi connectivity index (χ1v) is 8.82. The third-order valence-electron chi connectivity index (χ3n) is 4.14. The van der Waals surface area contributed by atoms with Crippen LogP contribution in [0.4, 0.5) is 0 Å². The Morgan fingerprint density at radius 2 is 1.59 bits per heavy atom. The van der Waals surface area contributed by atoms with E-state index in [0.29, 0.717) is 5.92 Å². The highest BCUT2D eigenvalue weighted by atomic mass is 16.5. The van der Waals surface area contributed by atoms with E-state index in [1.54, 1.807) is 0 Å². The molecule has 0 aromatic heterocycles. The van der Waals surface area contributed by atoms with Gasteiger partial charge in [0.2, 0.25) is 0 Å². The fourth-order valence-corrected chi connectivity index (χ4v) is 2.52. The van der Waals surface area contributed by atoms with E-state index in [2.05, 4.69) is 52.0 Å². The zero-order valence-corrected chi connectivity index (χ0v) is 14.9. The van der Waals surface area contributed by atoms with Gasteiger partial charge >= 0.3 is 0 Å². The minimum atomic E-state index is 0.685. The van der Waals surface area contributed by atoms with Gasteiger partial charge in [-0.2, -0.15) is 0 Å². The smallest absolute Gasteiger partial charge is 0.0716 e. The maximum Gasteiger partial charge on any atom is 0.0716 e. The van der Waals surface area contributed by atoms with Gasteiger partial charge in [0.15, 0.2) is 0 Å². The van der Waals surface area contributed by atoms with Gasteiger partial charge in [-0.3, -0.25) is 0 Å². The fourth-order valence-electron chi connectivity index (χ4n) is 2.52. The lowest BCUT2D eigenvalue weighted by atomic mass is 9.97. The maximum absolute atomic E-state index is 5.79. The summed E-state index contributed by atoms with van der Waals surface area (Å²) < 4.78 is 11.3. The van der Waals surface area contributed by atoms with Crippen LogP contribution in [0.15, 0.2) is 24.3 Å². The van der Waals surface area contributed by atoms with Crippen LogP contribution in [0, 0.1) is 18.8 Å². The molecular weight excluding hydrogens is 272 g/mol. The van der Waals surface area contributed by atoms with Crippen molar-refractivity contribution >= 4 is 0 Å². The summed E-state index contributed by atoms with van der Waals surface area (Å²) in [6.45, 7) is 12.1. The van der Waals surface area contributed by atoms with Gasteiger partial charge in [0.05, 0.1) is 6.61 Å². The number of rotatable bonds is 12. The Labute approximate surface area is 137 Å². The van der Waals surface area contributed by atoms with Gasteiger partial charge in [-0.05, 0) is 44.1 Å². The van der Waals surface area contributed by atoms with Crippen molar-refractivity contribution in [1.82, 2.24) is 0 Å². The minimum Gasteiger partial charge on any atom is -0.381 e. The Morgan fingerprint density at radius 1 is 0.909 bits per heavy atom. The molecule has 126 valence electrons. The van der Waals surface area contributed by atoms with Gasteiger partial charge in [-0.1, -0.05) is 56.5 Å². The van der Waals surface area contributed by atoms with E-state index in [0.717, 1.165) is 38.8 Å².